The van der Waals surface area contributed by atoms with Crippen LogP contribution in [0.25, 0.3) is 0 Å². The van der Waals surface area contributed by atoms with Gasteiger partial charge in [0, 0.05) is 28.5 Å². The first-order chi connectivity index (χ1) is 9.69. The zero-order valence-corrected chi connectivity index (χ0v) is 13.3. The van der Waals surface area contributed by atoms with E-state index in [0.29, 0.717) is 0 Å². The first-order valence-electron chi connectivity index (χ1n) is 6.44. The van der Waals surface area contributed by atoms with Crippen molar-refractivity contribution in [2.45, 2.75) is 23.4 Å². The predicted octanol–water partition coefficient (Wildman–Crippen LogP) is 3.54. The molecule has 3 nitrogen and oxygen atoms in total. The van der Waals surface area contributed by atoms with Crippen LogP contribution in [0.5, 0.6) is 0 Å². The molecule has 1 aromatic heterocycles. The zero-order valence-electron chi connectivity index (χ0n) is 11.6. The number of nitrogens with zero attached hydrogens (tertiary/aromatic N) is 1. The van der Waals surface area contributed by atoms with Crippen molar-refractivity contribution in [3.05, 3.63) is 48.2 Å². The molecule has 0 saturated heterocycles. The van der Waals surface area contributed by atoms with E-state index in [-0.39, 0.29) is 0 Å². The molecule has 0 bridgehead atoms. The molecule has 0 fully saturated rings. The van der Waals surface area contributed by atoms with Crippen LogP contribution >= 0.6 is 11.8 Å². The lowest BCUT2D eigenvalue weighted by molar-refractivity contribution is 0.687. The highest BCUT2D eigenvalue weighted by molar-refractivity contribution is 7.99. The Morgan fingerprint density at radius 1 is 1.20 bits per heavy atom. The van der Waals surface area contributed by atoms with Crippen molar-refractivity contribution in [1.82, 2.24) is 4.98 Å². The Morgan fingerprint density at radius 3 is 2.50 bits per heavy atom. The molecule has 0 spiro atoms. The van der Waals surface area contributed by atoms with Crippen molar-refractivity contribution in [2.75, 3.05) is 17.3 Å². The minimum atomic E-state index is -0.915. The van der Waals surface area contributed by atoms with Gasteiger partial charge in [-0.3, -0.25) is 4.21 Å². The number of pyridine rings is 1. The molecular weight excluding hydrogens is 288 g/mol. The average Bonchev–Trinajstić information content (AvgIpc) is 2.47. The van der Waals surface area contributed by atoms with Gasteiger partial charge in [0.2, 0.25) is 0 Å². The van der Waals surface area contributed by atoms with Crippen LogP contribution in [0.2, 0.25) is 0 Å². The molecule has 2 aromatic rings. The van der Waals surface area contributed by atoms with Crippen LogP contribution in [0.4, 0.5) is 5.69 Å². The molecule has 1 atom stereocenters. The molecule has 106 valence electrons. The number of nitrogens with one attached hydrogen (secondary N) is 1. The monoisotopic (exact) mass is 306 g/mol. The van der Waals surface area contributed by atoms with Gasteiger partial charge >= 0.3 is 0 Å². The van der Waals surface area contributed by atoms with E-state index < -0.39 is 10.8 Å². The maximum absolute atomic E-state index is 11.3. The highest BCUT2D eigenvalue weighted by atomic mass is 32.2. The summed E-state index contributed by atoms with van der Waals surface area (Å²) in [6, 6.07) is 11.9. The molecule has 2 rings (SSSR count). The van der Waals surface area contributed by atoms with Gasteiger partial charge in [0.15, 0.2) is 0 Å². The van der Waals surface area contributed by atoms with Gasteiger partial charge in [-0.05, 0) is 35.6 Å². The van der Waals surface area contributed by atoms with Crippen LogP contribution in [0.1, 0.15) is 12.5 Å². The molecule has 0 amide bonds. The van der Waals surface area contributed by atoms with Gasteiger partial charge in [-0.2, -0.15) is 0 Å². The van der Waals surface area contributed by atoms with Crippen LogP contribution in [-0.2, 0) is 17.3 Å². The van der Waals surface area contributed by atoms with E-state index in [9.17, 15) is 4.21 Å². The summed E-state index contributed by atoms with van der Waals surface area (Å²) < 4.78 is 11.3. The molecule has 20 heavy (non-hydrogen) atoms. The summed E-state index contributed by atoms with van der Waals surface area (Å²) in [6.45, 7) is 2.85. The minimum absolute atomic E-state index is 0.735. The normalized spacial score (nSPS) is 12.1. The van der Waals surface area contributed by atoms with Gasteiger partial charge in [0.25, 0.3) is 0 Å². The highest BCUT2D eigenvalue weighted by Gasteiger charge is 1.99. The molecule has 1 aromatic carbocycles. The zero-order chi connectivity index (χ0) is 14.4. The fourth-order valence-corrected chi connectivity index (χ4v) is 2.83. The van der Waals surface area contributed by atoms with Gasteiger partial charge in [-0.1, -0.05) is 19.1 Å². The fourth-order valence-electron chi connectivity index (χ4n) is 1.72. The summed E-state index contributed by atoms with van der Waals surface area (Å²) in [5.74, 6) is 1.03. The van der Waals surface area contributed by atoms with Crippen LogP contribution < -0.4 is 5.32 Å². The number of thioether (sulfide) groups is 1. The summed E-state index contributed by atoms with van der Waals surface area (Å²) in [7, 11) is -0.915. The molecule has 1 N–H and O–H groups in total. The molecule has 5 heteroatoms. The van der Waals surface area contributed by atoms with Gasteiger partial charge in [0.1, 0.15) is 0 Å². The molecule has 1 unspecified atom stereocenters. The van der Waals surface area contributed by atoms with E-state index >= 15 is 0 Å². The van der Waals surface area contributed by atoms with E-state index in [1.165, 1.54) is 0 Å². The number of hydrogen-bond donors (Lipinski definition) is 1. The van der Waals surface area contributed by atoms with Gasteiger partial charge in [-0.25, -0.2) is 4.98 Å². The number of aromatic nitrogens is 1. The van der Waals surface area contributed by atoms with E-state index in [1.807, 2.05) is 42.6 Å². The number of anilines is 1. The van der Waals surface area contributed by atoms with E-state index in [0.717, 1.165) is 33.5 Å². The lowest BCUT2D eigenvalue weighted by Gasteiger charge is -2.07. The first-order valence-corrected chi connectivity index (χ1v) is 8.98. The second-order valence-electron chi connectivity index (χ2n) is 4.27. The number of benzene rings is 1. The van der Waals surface area contributed by atoms with Gasteiger partial charge < -0.3 is 5.32 Å². The Kier molecular flexibility index (Phi) is 5.61. The molecule has 0 aliphatic heterocycles. The Balaban J connectivity index is 1.92. The summed E-state index contributed by atoms with van der Waals surface area (Å²) in [4.78, 5) is 5.24. The second-order valence-corrected chi connectivity index (χ2v) is 6.93. The maximum Gasteiger partial charge on any atom is 0.0961 e. The van der Waals surface area contributed by atoms with Crippen LogP contribution in [0.15, 0.2) is 52.5 Å². The lowest BCUT2D eigenvalue weighted by atomic mass is 10.2. The van der Waals surface area contributed by atoms with Crippen molar-refractivity contribution in [2.24, 2.45) is 0 Å². The quantitative estimate of drug-likeness (QED) is 0.829. The Bertz CT molecular complexity index is 567. The Labute approximate surface area is 126 Å². The van der Waals surface area contributed by atoms with Crippen molar-refractivity contribution in [3.63, 3.8) is 0 Å². The van der Waals surface area contributed by atoms with Gasteiger partial charge in [-0.15, -0.1) is 11.8 Å². The Morgan fingerprint density at radius 2 is 1.95 bits per heavy atom. The van der Waals surface area contributed by atoms with Crippen LogP contribution in [0.3, 0.4) is 0 Å². The molecule has 0 saturated carbocycles. The fraction of sp³-hybridized carbons (Fsp3) is 0.267. The molecule has 0 aliphatic carbocycles. The second kappa shape index (κ2) is 7.45. The van der Waals surface area contributed by atoms with Crippen molar-refractivity contribution in [3.8, 4) is 0 Å². The topological polar surface area (TPSA) is 42.0 Å². The number of rotatable bonds is 6. The van der Waals surface area contributed by atoms with Crippen LogP contribution in [0, 0.1) is 0 Å². The highest BCUT2D eigenvalue weighted by Crippen LogP contribution is 2.17. The molecule has 0 aliphatic rings. The van der Waals surface area contributed by atoms with Crippen molar-refractivity contribution >= 4 is 28.2 Å². The van der Waals surface area contributed by atoms with E-state index in [2.05, 4.69) is 17.2 Å². The average molecular weight is 306 g/mol. The largest absolute Gasteiger partial charge is 0.380 e. The standard InChI is InChI=1S/C15H18N2OS2/c1-3-19-15-9-6-13(11-17-15)16-10-12-4-7-14(8-5-12)20(2)18/h4-9,11,16H,3,10H2,1-2H3. The Hall–Kier alpha value is -1.33. The predicted molar refractivity (Wildman–Crippen MR) is 86.7 cm³/mol. The minimum Gasteiger partial charge on any atom is -0.380 e. The SMILES string of the molecule is CCSc1ccc(NCc2ccc(S(C)=O)cc2)cn1. The summed E-state index contributed by atoms with van der Waals surface area (Å²) in [6.07, 6.45) is 3.54. The van der Waals surface area contributed by atoms with E-state index in [4.69, 9.17) is 0 Å². The molecule has 0 radical (unpaired) electrons. The third-order valence-corrected chi connectivity index (χ3v) is 4.54. The van der Waals surface area contributed by atoms with Crippen LogP contribution in [-0.4, -0.2) is 21.2 Å². The summed E-state index contributed by atoms with van der Waals surface area (Å²) in [5.41, 5.74) is 2.17. The van der Waals surface area contributed by atoms with Gasteiger partial charge in [0.05, 0.1) is 16.9 Å². The molecule has 1 heterocycles. The third kappa shape index (κ3) is 4.35. The third-order valence-electron chi connectivity index (χ3n) is 2.78. The van der Waals surface area contributed by atoms with E-state index in [1.54, 1.807) is 18.0 Å². The van der Waals surface area contributed by atoms with Crippen molar-refractivity contribution in [1.29, 1.82) is 0 Å². The maximum atomic E-state index is 11.3. The van der Waals surface area contributed by atoms with Crippen molar-refractivity contribution < 1.29 is 4.21 Å². The lowest BCUT2D eigenvalue weighted by Crippen LogP contribution is -2.00. The molecular formula is C15H18N2OS2. The first kappa shape index (κ1) is 15.1. The smallest absolute Gasteiger partial charge is 0.0961 e. The summed E-state index contributed by atoms with van der Waals surface area (Å²) in [5, 5.41) is 4.38. The summed E-state index contributed by atoms with van der Waals surface area (Å²) >= 11 is 1.74. The number of hydrogen-bond acceptors (Lipinski definition) is 4.